The van der Waals surface area contributed by atoms with Crippen LogP contribution in [0, 0.1) is 5.92 Å². The van der Waals surface area contributed by atoms with Crippen molar-refractivity contribution < 1.29 is 9.90 Å². The first kappa shape index (κ1) is 10.9. The van der Waals surface area contributed by atoms with Crippen LogP contribution in [0.1, 0.15) is 45.4 Å². The van der Waals surface area contributed by atoms with Gasteiger partial charge in [0.15, 0.2) is 0 Å². The molecule has 3 nitrogen and oxygen atoms in total. The van der Waals surface area contributed by atoms with Crippen LogP contribution in [0.5, 0.6) is 0 Å². The molecule has 0 bridgehead atoms. The molecule has 1 amide bonds. The van der Waals surface area contributed by atoms with Gasteiger partial charge >= 0.3 is 0 Å². The lowest BCUT2D eigenvalue weighted by molar-refractivity contribution is -0.138. The summed E-state index contributed by atoms with van der Waals surface area (Å²) in [5.74, 6) is 0.631. The average Bonchev–Trinajstić information content (AvgIpc) is 2.23. The third-order valence-corrected chi connectivity index (χ3v) is 3.83. The van der Waals surface area contributed by atoms with E-state index < -0.39 is 5.60 Å². The molecule has 1 unspecified atom stereocenters. The van der Waals surface area contributed by atoms with Gasteiger partial charge in [0.25, 0.3) is 0 Å². The summed E-state index contributed by atoms with van der Waals surface area (Å²) in [6.07, 6.45) is 5.85. The van der Waals surface area contributed by atoms with Crippen LogP contribution in [0.15, 0.2) is 0 Å². The molecule has 2 rings (SSSR count). The molecule has 86 valence electrons. The van der Waals surface area contributed by atoms with Crippen molar-refractivity contribution in [3.05, 3.63) is 0 Å². The maximum Gasteiger partial charge on any atom is 0.225 e. The molecular weight excluding hydrogens is 190 g/mol. The maximum absolute atomic E-state index is 12.0. The van der Waals surface area contributed by atoms with Gasteiger partial charge in [-0.1, -0.05) is 6.42 Å². The van der Waals surface area contributed by atoms with Crippen molar-refractivity contribution in [3.63, 3.8) is 0 Å². The highest BCUT2D eigenvalue weighted by atomic mass is 16.3. The van der Waals surface area contributed by atoms with Gasteiger partial charge < -0.3 is 10.0 Å². The number of rotatable bonds is 1. The molecule has 1 heterocycles. The first-order valence-corrected chi connectivity index (χ1v) is 6.10. The monoisotopic (exact) mass is 211 g/mol. The van der Waals surface area contributed by atoms with Crippen molar-refractivity contribution in [1.29, 1.82) is 0 Å². The Morgan fingerprint density at radius 1 is 1.27 bits per heavy atom. The Hall–Kier alpha value is -0.570. The number of aliphatic hydroxyl groups is 1. The number of likely N-dealkylation sites (tertiary alicyclic amines) is 1. The zero-order valence-corrected chi connectivity index (χ0v) is 9.54. The highest BCUT2D eigenvalue weighted by Gasteiger charge is 2.32. The molecule has 0 radical (unpaired) electrons. The van der Waals surface area contributed by atoms with Crippen LogP contribution in [0.3, 0.4) is 0 Å². The zero-order chi connectivity index (χ0) is 10.9. The van der Waals surface area contributed by atoms with E-state index in [4.69, 9.17) is 0 Å². The predicted octanol–water partition coefficient (Wildman–Crippen LogP) is 1.55. The molecule has 0 aromatic carbocycles. The number of nitrogens with zero attached hydrogens (tertiary/aromatic N) is 1. The Morgan fingerprint density at radius 2 is 2.00 bits per heavy atom. The summed E-state index contributed by atoms with van der Waals surface area (Å²) in [5.41, 5.74) is -0.561. The van der Waals surface area contributed by atoms with Gasteiger partial charge in [0.2, 0.25) is 5.91 Å². The van der Waals surface area contributed by atoms with Gasteiger partial charge in [-0.3, -0.25) is 4.79 Å². The van der Waals surface area contributed by atoms with Crippen LogP contribution < -0.4 is 0 Å². The van der Waals surface area contributed by atoms with Crippen molar-refractivity contribution in [2.24, 2.45) is 5.92 Å². The van der Waals surface area contributed by atoms with Crippen molar-refractivity contribution >= 4 is 5.91 Å². The highest BCUT2D eigenvalue weighted by molar-refractivity contribution is 5.79. The first-order valence-electron chi connectivity index (χ1n) is 6.10. The van der Waals surface area contributed by atoms with E-state index in [0.29, 0.717) is 11.8 Å². The van der Waals surface area contributed by atoms with Gasteiger partial charge in [-0.25, -0.2) is 0 Å². The summed E-state index contributed by atoms with van der Waals surface area (Å²) < 4.78 is 0. The fourth-order valence-corrected chi connectivity index (χ4v) is 2.40. The Bertz CT molecular complexity index is 246. The lowest BCUT2D eigenvalue weighted by Crippen LogP contribution is -2.40. The van der Waals surface area contributed by atoms with Crippen molar-refractivity contribution in [2.45, 2.75) is 51.0 Å². The van der Waals surface area contributed by atoms with E-state index in [1.54, 1.807) is 0 Å². The van der Waals surface area contributed by atoms with Crippen molar-refractivity contribution in [2.75, 3.05) is 13.1 Å². The van der Waals surface area contributed by atoms with E-state index in [1.807, 2.05) is 11.8 Å². The molecule has 1 atom stereocenters. The second-order valence-corrected chi connectivity index (χ2v) is 5.30. The van der Waals surface area contributed by atoms with Crippen LogP contribution in [0.4, 0.5) is 0 Å². The number of hydrogen-bond donors (Lipinski definition) is 1. The van der Waals surface area contributed by atoms with Crippen LogP contribution in [-0.4, -0.2) is 34.6 Å². The number of carbonyl (C=O) groups is 1. The van der Waals surface area contributed by atoms with Gasteiger partial charge in [0.1, 0.15) is 0 Å². The Kier molecular flexibility index (Phi) is 3.01. The summed E-state index contributed by atoms with van der Waals surface area (Å²) in [7, 11) is 0. The fourth-order valence-electron chi connectivity index (χ4n) is 2.40. The zero-order valence-electron chi connectivity index (χ0n) is 9.54. The van der Waals surface area contributed by atoms with Crippen molar-refractivity contribution in [3.8, 4) is 0 Å². The minimum atomic E-state index is -0.561. The number of hydrogen-bond acceptors (Lipinski definition) is 2. The Balaban J connectivity index is 1.90. The predicted molar refractivity (Wildman–Crippen MR) is 58.4 cm³/mol. The topological polar surface area (TPSA) is 40.5 Å². The van der Waals surface area contributed by atoms with Crippen LogP contribution in [-0.2, 0) is 4.79 Å². The lowest BCUT2D eigenvalue weighted by Gasteiger charge is -2.31. The summed E-state index contributed by atoms with van der Waals surface area (Å²) in [6, 6.07) is 0. The van der Waals surface area contributed by atoms with Gasteiger partial charge in [0.05, 0.1) is 5.60 Å². The van der Waals surface area contributed by atoms with E-state index in [9.17, 15) is 9.90 Å². The van der Waals surface area contributed by atoms with E-state index in [-0.39, 0.29) is 0 Å². The lowest BCUT2D eigenvalue weighted by atomic mass is 9.84. The highest BCUT2D eigenvalue weighted by Crippen LogP contribution is 2.30. The van der Waals surface area contributed by atoms with Crippen LogP contribution in [0.25, 0.3) is 0 Å². The molecule has 1 N–H and O–H groups in total. The van der Waals surface area contributed by atoms with Gasteiger partial charge in [-0.15, -0.1) is 0 Å². The number of amides is 1. The summed E-state index contributed by atoms with van der Waals surface area (Å²) >= 11 is 0. The van der Waals surface area contributed by atoms with E-state index in [1.165, 1.54) is 6.42 Å². The summed E-state index contributed by atoms with van der Waals surface area (Å²) in [4.78, 5) is 14.0. The smallest absolute Gasteiger partial charge is 0.225 e. The van der Waals surface area contributed by atoms with E-state index >= 15 is 0 Å². The van der Waals surface area contributed by atoms with Crippen LogP contribution in [0.2, 0.25) is 0 Å². The standard InChI is InChI=1S/C12H21NO2/c1-12(15)6-3-8-13(9-7-12)11(14)10-4-2-5-10/h10,15H,2-9H2,1H3. The summed E-state index contributed by atoms with van der Waals surface area (Å²) in [6.45, 7) is 3.46. The van der Waals surface area contributed by atoms with E-state index in [2.05, 4.69) is 0 Å². The molecule has 0 spiro atoms. The molecule has 0 aromatic heterocycles. The second kappa shape index (κ2) is 4.12. The quantitative estimate of drug-likeness (QED) is 0.715. The normalized spacial score (nSPS) is 33.3. The molecule has 1 saturated carbocycles. The molecular formula is C12H21NO2. The minimum Gasteiger partial charge on any atom is -0.390 e. The molecule has 0 aromatic rings. The van der Waals surface area contributed by atoms with Gasteiger partial charge in [0, 0.05) is 19.0 Å². The SMILES string of the molecule is CC1(O)CCCN(C(=O)C2CCC2)CC1. The Labute approximate surface area is 91.5 Å². The number of carbonyl (C=O) groups excluding carboxylic acids is 1. The molecule has 1 aliphatic heterocycles. The van der Waals surface area contributed by atoms with E-state index in [0.717, 1.165) is 45.2 Å². The minimum absolute atomic E-state index is 0.299. The van der Waals surface area contributed by atoms with Gasteiger partial charge in [-0.2, -0.15) is 0 Å². The third kappa shape index (κ3) is 2.51. The first-order chi connectivity index (χ1) is 7.08. The second-order valence-electron chi connectivity index (χ2n) is 5.30. The molecule has 2 fully saturated rings. The van der Waals surface area contributed by atoms with Gasteiger partial charge in [-0.05, 0) is 39.0 Å². The summed E-state index contributed by atoms with van der Waals surface area (Å²) in [5, 5.41) is 9.93. The van der Waals surface area contributed by atoms with Crippen molar-refractivity contribution in [1.82, 2.24) is 4.90 Å². The largest absolute Gasteiger partial charge is 0.390 e. The van der Waals surface area contributed by atoms with Crippen LogP contribution >= 0.6 is 0 Å². The maximum atomic E-state index is 12.0. The molecule has 2 aliphatic rings. The fraction of sp³-hybridized carbons (Fsp3) is 0.917. The Morgan fingerprint density at radius 3 is 2.60 bits per heavy atom. The molecule has 1 saturated heterocycles. The average molecular weight is 211 g/mol. The molecule has 15 heavy (non-hydrogen) atoms. The molecule has 1 aliphatic carbocycles. The molecule has 3 heteroatoms. The third-order valence-electron chi connectivity index (χ3n) is 3.83.